The Labute approximate surface area is 166 Å². The standard InChI is InChI=1S/C22H21F3O4/c1-12-18(8-6-14-13(10-20(26)27-2)11-28-21(12)14)29-19-9-7-15-16(19)4-3-5-17(15)22(23,24)25/h3-6,8,13,19H,7,9-11H2,1-2H3. The highest BCUT2D eigenvalue weighted by atomic mass is 19.4. The van der Waals surface area contributed by atoms with E-state index in [0.29, 0.717) is 42.1 Å². The monoisotopic (exact) mass is 406 g/mol. The van der Waals surface area contributed by atoms with E-state index >= 15 is 0 Å². The molecule has 0 spiro atoms. The number of carbonyl (C=O) groups excluding carboxylic acids is 1. The van der Waals surface area contributed by atoms with Gasteiger partial charge < -0.3 is 14.2 Å². The molecule has 2 aliphatic rings. The third-order valence-electron chi connectivity index (χ3n) is 5.69. The fourth-order valence-electron chi connectivity index (χ4n) is 4.22. The molecule has 2 aromatic rings. The van der Waals surface area contributed by atoms with Crippen LogP contribution in [-0.2, 0) is 22.1 Å². The van der Waals surface area contributed by atoms with Gasteiger partial charge in [-0.15, -0.1) is 0 Å². The highest BCUT2D eigenvalue weighted by molar-refractivity contribution is 5.71. The molecule has 7 heteroatoms. The molecule has 0 radical (unpaired) electrons. The molecule has 0 N–H and O–H groups in total. The summed E-state index contributed by atoms with van der Waals surface area (Å²) in [6.07, 6.45) is -3.75. The Balaban J connectivity index is 1.58. The van der Waals surface area contributed by atoms with Crippen LogP contribution in [0.2, 0.25) is 0 Å². The van der Waals surface area contributed by atoms with E-state index in [1.807, 2.05) is 13.0 Å². The third-order valence-corrected chi connectivity index (χ3v) is 5.69. The molecule has 1 aliphatic carbocycles. The van der Waals surface area contributed by atoms with Crippen molar-refractivity contribution in [3.8, 4) is 11.5 Å². The molecule has 0 saturated carbocycles. The van der Waals surface area contributed by atoms with Crippen LogP contribution in [0.25, 0.3) is 0 Å². The lowest BCUT2D eigenvalue weighted by molar-refractivity contribution is -0.141. The zero-order valence-corrected chi connectivity index (χ0v) is 16.1. The first-order valence-corrected chi connectivity index (χ1v) is 9.48. The zero-order chi connectivity index (χ0) is 20.8. The third kappa shape index (κ3) is 3.54. The van der Waals surface area contributed by atoms with Gasteiger partial charge in [-0.3, -0.25) is 4.79 Å². The van der Waals surface area contributed by atoms with E-state index in [1.165, 1.54) is 13.2 Å². The number of methoxy groups -OCH3 is 1. The van der Waals surface area contributed by atoms with Gasteiger partial charge in [-0.1, -0.05) is 18.2 Å². The molecule has 2 atom stereocenters. The van der Waals surface area contributed by atoms with Crippen molar-refractivity contribution >= 4 is 5.97 Å². The molecule has 0 saturated heterocycles. The summed E-state index contributed by atoms with van der Waals surface area (Å²) in [5.41, 5.74) is 2.03. The fourth-order valence-corrected chi connectivity index (χ4v) is 4.22. The topological polar surface area (TPSA) is 44.8 Å². The number of hydrogen-bond acceptors (Lipinski definition) is 4. The SMILES string of the molecule is COC(=O)CC1COc2c1ccc(OC1CCc3c1cccc3C(F)(F)F)c2C. The van der Waals surface area contributed by atoms with Crippen molar-refractivity contribution in [2.45, 2.75) is 44.4 Å². The van der Waals surface area contributed by atoms with Gasteiger partial charge >= 0.3 is 12.1 Å². The van der Waals surface area contributed by atoms with Gasteiger partial charge in [0.2, 0.25) is 0 Å². The van der Waals surface area contributed by atoms with Crippen LogP contribution in [0.15, 0.2) is 30.3 Å². The second kappa shape index (κ2) is 7.28. The van der Waals surface area contributed by atoms with Crippen LogP contribution in [0, 0.1) is 6.92 Å². The minimum atomic E-state index is -4.37. The van der Waals surface area contributed by atoms with Gasteiger partial charge in [-0.05, 0) is 43.0 Å². The molecular weight excluding hydrogens is 385 g/mol. The van der Waals surface area contributed by atoms with Crippen molar-refractivity contribution < 1.29 is 32.2 Å². The first-order valence-electron chi connectivity index (χ1n) is 9.48. The Morgan fingerprint density at radius 3 is 2.72 bits per heavy atom. The van der Waals surface area contributed by atoms with E-state index in [2.05, 4.69) is 0 Å². The Morgan fingerprint density at radius 2 is 2.00 bits per heavy atom. The number of benzene rings is 2. The quantitative estimate of drug-likeness (QED) is 0.662. The maximum atomic E-state index is 13.3. The zero-order valence-electron chi connectivity index (χ0n) is 16.1. The Hall–Kier alpha value is -2.70. The molecule has 1 heterocycles. The molecule has 29 heavy (non-hydrogen) atoms. The van der Waals surface area contributed by atoms with E-state index in [4.69, 9.17) is 14.2 Å². The summed E-state index contributed by atoms with van der Waals surface area (Å²) in [4.78, 5) is 11.6. The van der Waals surface area contributed by atoms with Gasteiger partial charge in [-0.25, -0.2) is 0 Å². The van der Waals surface area contributed by atoms with E-state index in [9.17, 15) is 18.0 Å². The number of esters is 1. The van der Waals surface area contributed by atoms with Gasteiger partial charge in [0.05, 0.1) is 25.7 Å². The number of carbonyl (C=O) groups is 1. The molecule has 0 bridgehead atoms. The number of ether oxygens (including phenoxy) is 3. The smallest absolute Gasteiger partial charge is 0.416 e. The van der Waals surface area contributed by atoms with E-state index < -0.39 is 17.8 Å². The molecule has 0 fully saturated rings. The summed E-state index contributed by atoms with van der Waals surface area (Å²) < 4.78 is 56.5. The summed E-state index contributed by atoms with van der Waals surface area (Å²) in [7, 11) is 1.35. The highest BCUT2D eigenvalue weighted by Gasteiger charge is 2.38. The summed E-state index contributed by atoms with van der Waals surface area (Å²) in [6.45, 7) is 2.24. The van der Waals surface area contributed by atoms with Crippen LogP contribution in [-0.4, -0.2) is 19.7 Å². The first-order chi connectivity index (χ1) is 13.8. The lowest BCUT2D eigenvalue weighted by Gasteiger charge is -2.19. The van der Waals surface area contributed by atoms with Crippen molar-refractivity contribution in [3.05, 3.63) is 58.1 Å². The van der Waals surface area contributed by atoms with Crippen LogP contribution < -0.4 is 9.47 Å². The van der Waals surface area contributed by atoms with Crippen LogP contribution in [0.5, 0.6) is 11.5 Å². The van der Waals surface area contributed by atoms with Gasteiger partial charge in [-0.2, -0.15) is 13.2 Å². The van der Waals surface area contributed by atoms with Crippen molar-refractivity contribution in [3.63, 3.8) is 0 Å². The van der Waals surface area contributed by atoms with Crippen molar-refractivity contribution in [1.29, 1.82) is 0 Å². The van der Waals surface area contributed by atoms with Crippen LogP contribution in [0.3, 0.4) is 0 Å². The maximum Gasteiger partial charge on any atom is 0.416 e. The van der Waals surface area contributed by atoms with Crippen molar-refractivity contribution in [1.82, 2.24) is 0 Å². The Morgan fingerprint density at radius 1 is 1.21 bits per heavy atom. The van der Waals surface area contributed by atoms with Gasteiger partial charge in [0.1, 0.15) is 17.6 Å². The molecule has 4 rings (SSSR count). The highest BCUT2D eigenvalue weighted by Crippen LogP contribution is 2.46. The number of alkyl halides is 3. The largest absolute Gasteiger partial charge is 0.492 e. The number of fused-ring (bicyclic) bond motifs is 2. The molecule has 154 valence electrons. The fraction of sp³-hybridized carbons (Fsp3) is 0.409. The van der Waals surface area contributed by atoms with Crippen LogP contribution in [0.1, 0.15) is 52.7 Å². The van der Waals surface area contributed by atoms with Crippen molar-refractivity contribution in [2.24, 2.45) is 0 Å². The summed E-state index contributed by atoms with van der Waals surface area (Å²) in [5.74, 6) is 0.885. The van der Waals surface area contributed by atoms with E-state index in [0.717, 1.165) is 17.2 Å². The van der Waals surface area contributed by atoms with Gasteiger partial charge in [0.25, 0.3) is 0 Å². The second-order valence-electron chi connectivity index (χ2n) is 7.41. The molecule has 4 nitrogen and oxygen atoms in total. The molecule has 0 aromatic heterocycles. The van der Waals surface area contributed by atoms with E-state index in [-0.39, 0.29) is 18.3 Å². The molecule has 0 amide bonds. The summed E-state index contributed by atoms with van der Waals surface area (Å²) in [5, 5.41) is 0. The number of rotatable bonds is 4. The Kier molecular flexibility index (Phi) is 4.92. The molecular formula is C22H21F3O4. The summed E-state index contributed by atoms with van der Waals surface area (Å²) in [6, 6.07) is 7.92. The minimum Gasteiger partial charge on any atom is -0.492 e. The predicted octanol–water partition coefficient (Wildman–Crippen LogP) is 5.12. The van der Waals surface area contributed by atoms with Crippen molar-refractivity contribution in [2.75, 3.05) is 13.7 Å². The average Bonchev–Trinajstić information content (AvgIpc) is 3.28. The Bertz CT molecular complexity index is 952. The normalized spacial score (nSPS) is 20.0. The van der Waals surface area contributed by atoms with Gasteiger partial charge in [0.15, 0.2) is 0 Å². The molecule has 1 aliphatic heterocycles. The van der Waals surface area contributed by atoms with E-state index in [1.54, 1.807) is 12.1 Å². The lowest BCUT2D eigenvalue weighted by atomic mass is 9.96. The molecule has 2 unspecified atom stereocenters. The minimum absolute atomic E-state index is 0.0771. The number of hydrogen-bond donors (Lipinski definition) is 0. The lowest BCUT2D eigenvalue weighted by Crippen LogP contribution is -2.10. The first kappa shape index (κ1) is 19.6. The average molecular weight is 406 g/mol. The number of halogens is 3. The van der Waals surface area contributed by atoms with Crippen LogP contribution >= 0.6 is 0 Å². The summed E-state index contributed by atoms with van der Waals surface area (Å²) >= 11 is 0. The molecule has 2 aromatic carbocycles. The van der Waals surface area contributed by atoms with Gasteiger partial charge in [0, 0.05) is 17.0 Å². The maximum absolute atomic E-state index is 13.3. The predicted molar refractivity (Wildman–Crippen MR) is 99.2 cm³/mol. The second-order valence-corrected chi connectivity index (χ2v) is 7.41. The van der Waals surface area contributed by atoms with Crippen LogP contribution in [0.4, 0.5) is 13.2 Å².